The van der Waals surface area contributed by atoms with Crippen molar-refractivity contribution in [2.75, 3.05) is 11.9 Å². The van der Waals surface area contributed by atoms with Crippen LogP contribution in [0, 0.1) is 13.8 Å². The fourth-order valence-corrected chi connectivity index (χ4v) is 3.13. The number of carbonyl (C=O) groups excluding carboxylic acids is 2. The third-order valence-electron chi connectivity index (χ3n) is 3.15. The highest BCUT2D eigenvalue weighted by Gasteiger charge is 2.06. The molecule has 2 N–H and O–H groups in total. The summed E-state index contributed by atoms with van der Waals surface area (Å²) >= 11 is 1.48. The molecule has 2 rings (SSSR count). The molecule has 2 aromatic rings. The maximum atomic E-state index is 11.9. The molecule has 0 fully saturated rings. The molecule has 0 radical (unpaired) electrons. The van der Waals surface area contributed by atoms with E-state index in [1.165, 1.54) is 11.3 Å². The molecule has 5 heteroatoms. The number of nitrogens with one attached hydrogen (secondary N) is 2. The van der Waals surface area contributed by atoms with Gasteiger partial charge in [-0.25, -0.2) is 4.79 Å². The maximum absolute atomic E-state index is 11.9. The molecule has 0 atom stereocenters. The zero-order valence-electron chi connectivity index (χ0n) is 13.0. The Labute approximate surface area is 134 Å². The highest BCUT2D eigenvalue weighted by Crippen LogP contribution is 2.17. The van der Waals surface area contributed by atoms with E-state index in [0.717, 1.165) is 33.0 Å². The van der Waals surface area contributed by atoms with E-state index in [-0.39, 0.29) is 11.8 Å². The van der Waals surface area contributed by atoms with Crippen LogP contribution in [0.4, 0.5) is 10.5 Å². The van der Waals surface area contributed by atoms with E-state index in [0.29, 0.717) is 6.54 Å². The van der Waals surface area contributed by atoms with Crippen LogP contribution in [0.25, 0.3) is 0 Å². The summed E-state index contributed by atoms with van der Waals surface area (Å²) < 4.78 is 0. The minimum Gasteiger partial charge on any atom is -0.338 e. The van der Waals surface area contributed by atoms with Crippen LogP contribution in [-0.4, -0.2) is 18.4 Å². The van der Waals surface area contributed by atoms with Crippen LogP contribution < -0.4 is 10.6 Å². The molecule has 4 nitrogen and oxygen atoms in total. The van der Waals surface area contributed by atoms with E-state index in [1.807, 2.05) is 38.1 Å². The average Bonchev–Trinajstić information content (AvgIpc) is 2.86. The molecule has 22 heavy (non-hydrogen) atoms. The van der Waals surface area contributed by atoms with Crippen LogP contribution in [0.3, 0.4) is 0 Å². The first-order chi connectivity index (χ1) is 10.4. The number of aryl methyl sites for hydroxylation is 2. The maximum Gasteiger partial charge on any atom is 0.319 e. The van der Waals surface area contributed by atoms with Crippen LogP contribution >= 0.6 is 11.3 Å². The second-order valence-electron chi connectivity index (χ2n) is 5.33. The van der Waals surface area contributed by atoms with Crippen LogP contribution in [0.5, 0.6) is 0 Å². The van der Waals surface area contributed by atoms with Gasteiger partial charge < -0.3 is 10.6 Å². The van der Waals surface area contributed by atoms with Gasteiger partial charge in [-0.3, -0.25) is 4.79 Å². The zero-order valence-corrected chi connectivity index (χ0v) is 13.8. The Kier molecular flexibility index (Phi) is 5.33. The Hall–Kier alpha value is -2.14. The predicted octanol–water partition coefficient (Wildman–Crippen LogP) is 3.93. The molecule has 116 valence electrons. The number of urea groups is 1. The van der Waals surface area contributed by atoms with E-state index in [4.69, 9.17) is 0 Å². The lowest BCUT2D eigenvalue weighted by molar-refractivity contribution is 0.102. The lowest BCUT2D eigenvalue weighted by Gasteiger charge is -2.08. The smallest absolute Gasteiger partial charge is 0.319 e. The van der Waals surface area contributed by atoms with E-state index in [9.17, 15) is 9.59 Å². The van der Waals surface area contributed by atoms with Crippen LogP contribution in [0.15, 0.2) is 30.3 Å². The lowest BCUT2D eigenvalue weighted by Crippen LogP contribution is -2.30. The fraction of sp³-hybridized carbons (Fsp3) is 0.294. The molecule has 1 aromatic heterocycles. The van der Waals surface area contributed by atoms with Gasteiger partial charge in [0.15, 0.2) is 5.78 Å². The second-order valence-corrected chi connectivity index (χ2v) is 6.50. The molecular formula is C17H20N2O2S. The third kappa shape index (κ3) is 4.70. The Morgan fingerprint density at radius 1 is 1.09 bits per heavy atom. The van der Waals surface area contributed by atoms with Crippen molar-refractivity contribution in [2.24, 2.45) is 0 Å². The summed E-state index contributed by atoms with van der Waals surface area (Å²) in [5.41, 5.74) is 3.03. The number of anilines is 1. The summed E-state index contributed by atoms with van der Waals surface area (Å²) in [6.07, 6.45) is 0.720. The van der Waals surface area contributed by atoms with Crippen LogP contribution in [-0.2, 0) is 6.42 Å². The molecule has 2 amide bonds. The number of hydrogen-bond donors (Lipinski definition) is 2. The Bertz CT molecular complexity index is 671. The predicted molar refractivity (Wildman–Crippen MR) is 91.0 cm³/mol. The Balaban J connectivity index is 1.81. The van der Waals surface area contributed by atoms with Gasteiger partial charge in [-0.2, -0.15) is 0 Å². The number of benzene rings is 1. The van der Waals surface area contributed by atoms with Crippen LogP contribution in [0.1, 0.15) is 32.6 Å². The van der Waals surface area contributed by atoms with Gasteiger partial charge >= 0.3 is 6.03 Å². The highest BCUT2D eigenvalue weighted by atomic mass is 32.1. The Morgan fingerprint density at radius 2 is 1.77 bits per heavy atom. The van der Waals surface area contributed by atoms with Crippen molar-refractivity contribution in [1.82, 2.24) is 5.32 Å². The number of thiophene rings is 1. The molecular weight excluding hydrogens is 296 g/mol. The normalized spacial score (nSPS) is 10.3. The van der Waals surface area contributed by atoms with E-state index in [1.54, 1.807) is 6.92 Å². The largest absolute Gasteiger partial charge is 0.338 e. The van der Waals surface area contributed by atoms with Crippen molar-refractivity contribution in [3.05, 3.63) is 51.2 Å². The number of amides is 2. The van der Waals surface area contributed by atoms with Crippen molar-refractivity contribution in [3.8, 4) is 0 Å². The van der Waals surface area contributed by atoms with Crippen molar-refractivity contribution in [2.45, 2.75) is 27.2 Å². The molecule has 1 aromatic carbocycles. The SMILES string of the molecule is CC(=O)c1ccc(CCNC(=O)Nc2cc(C)cc(C)c2)s1. The molecule has 0 bridgehead atoms. The molecule has 0 aliphatic carbocycles. The van der Waals surface area contributed by atoms with Gasteiger partial charge in [-0.1, -0.05) is 6.07 Å². The van der Waals surface area contributed by atoms with Gasteiger partial charge in [0.05, 0.1) is 4.88 Å². The van der Waals surface area contributed by atoms with Gasteiger partial charge in [-0.15, -0.1) is 11.3 Å². The first-order valence-electron chi connectivity index (χ1n) is 7.17. The standard InChI is InChI=1S/C17H20N2O2S/c1-11-8-12(2)10-14(9-11)19-17(21)18-7-6-15-4-5-16(22-15)13(3)20/h4-5,8-10H,6-7H2,1-3H3,(H2,18,19,21). The van der Waals surface area contributed by atoms with Gasteiger partial charge in [-0.05, 0) is 62.6 Å². The van der Waals surface area contributed by atoms with E-state index >= 15 is 0 Å². The molecule has 0 spiro atoms. The van der Waals surface area contributed by atoms with E-state index < -0.39 is 0 Å². The lowest BCUT2D eigenvalue weighted by atomic mass is 10.1. The minimum absolute atomic E-state index is 0.0803. The first kappa shape index (κ1) is 16.2. The molecule has 0 unspecified atom stereocenters. The minimum atomic E-state index is -0.214. The summed E-state index contributed by atoms with van der Waals surface area (Å²) in [5, 5.41) is 5.66. The summed E-state index contributed by atoms with van der Waals surface area (Å²) in [7, 11) is 0. The first-order valence-corrected chi connectivity index (χ1v) is 7.98. The number of rotatable bonds is 5. The van der Waals surface area contributed by atoms with Gasteiger partial charge in [0.25, 0.3) is 0 Å². The molecule has 0 aliphatic rings. The Morgan fingerprint density at radius 3 is 2.36 bits per heavy atom. The summed E-state index contributed by atoms with van der Waals surface area (Å²) in [5.74, 6) is 0.0803. The van der Waals surface area contributed by atoms with Gasteiger partial charge in [0.1, 0.15) is 0 Å². The van der Waals surface area contributed by atoms with Crippen molar-refractivity contribution >= 4 is 28.8 Å². The highest BCUT2D eigenvalue weighted by molar-refractivity contribution is 7.14. The fourth-order valence-electron chi connectivity index (χ4n) is 2.22. The van der Waals surface area contributed by atoms with Crippen molar-refractivity contribution in [3.63, 3.8) is 0 Å². The number of ketones is 1. The third-order valence-corrected chi connectivity index (χ3v) is 4.39. The van der Waals surface area contributed by atoms with Gasteiger partial charge in [0.2, 0.25) is 0 Å². The average molecular weight is 316 g/mol. The monoisotopic (exact) mass is 316 g/mol. The molecule has 0 saturated carbocycles. The topological polar surface area (TPSA) is 58.2 Å². The molecule has 1 heterocycles. The van der Waals surface area contributed by atoms with Crippen molar-refractivity contribution < 1.29 is 9.59 Å². The number of Topliss-reactive ketones (excluding diaryl/α,β-unsaturated/α-hetero) is 1. The molecule has 0 saturated heterocycles. The zero-order chi connectivity index (χ0) is 16.1. The summed E-state index contributed by atoms with van der Waals surface area (Å²) in [4.78, 5) is 24.9. The molecule has 0 aliphatic heterocycles. The quantitative estimate of drug-likeness (QED) is 0.821. The summed E-state index contributed by atoms with van der Waals surface area (Å²) in [6, 6.07) is 9.49. The van der Waals surface area contributed by atoms with Crippen LogP contribution in [0.2, 0.25) is 0 Å². The van der Waals surface area contributed by atoms with Gasteiger partial charge in [0, 0.05) is 17.1 Å². The number of hydrogen-bond acceptors (Lipinski definition) is 3. The number of carbonyl (C=O) groups is 2. The van der Waals surface area contributed by atoms with Crippen molar-refractivity contribution in [1.29, 1.82) is 0 Å². The van der Waals surface area contributed by atoms with E-state index in [2.05, 4.69) is 16.7 Å². The summed E-state index contributed by atoms with van der Waals surface area (Å²) in [6.45, 7) is 6.10. The second kappa shape index (κ2) is 7.22.